The molecule has 1 atom stereocenters. The molecule has 0 bridgehead atoms. The van der Waals surface area contributed by atoms with Crippen LogP contribution in [0.15, 0.2) is 85.1 Å². The molecule has 0 aliphatic heterocycles. The maximum absolute atomic E-state index is 12.8. The van der Waals surface area contributed by atoms with Gasteiger partial charge in [0.2, 0.25) is 0 Å². The van der Waals surface area contributed by atoms with E-state index in [0.717, 1.165) is 77.0 Å². The van der Waals surface area contributed by atoms with E-state index in [1.807, 2.05) is 12.2 Å². The molecule has 0 aromatic heterocycles. The van der Waals surface area contributed by atoms with E-state index in [9.17, 15) is 14.4 Å². The average Bonchev–Trinajstić information content (AvgIpc) is 3.27. The summed E-state index contributed by atoms with van der Waals surface area (Å²) in [7, 11) is 0. The van der Waals surface area contributed by atoms with Crippen LogP contribution >= 0.6 is 0 Å². The molecule has 0 aromatic carbocycles. The lowest BCUT2D eigenvalue weighted by Gasteiger charge is -2.18. The summed E-state index contributed by atoms with van der Waals surface area (Å²) in [5, 5.41) is 0. The first-order chi connectivity index (χ1) is 30.5. The zero-order valence-corrected chi connectivity index (χ0v) is 40.4. The van der Waals surface area contributed by atoms with Crippen LogP contribution in [0.4, 0.5) is 0 Å². The van der Waals surface area contributed by atoms with E-state index in [0.29, 0.717) is 19.3 Å². The van der Waals surface area contributed by atoms with E-state index in [4.69, 9.17) is 14.2 Å². The fourth-order valence-corrected chi connectivity index (χ4v) is 6.81. The SMILES string of the molecule is CC/C=C\C/C=C\C/C=C\C/C=C\C/C=C\C/C=C\CCC(=O)OCC(COC(=O)CCCCCCCC)OC(=O)CCCCCCCCCCC/C=C\CCCCCCCC. The summed E-state index contributed by atoms with van der Waals surface area (Å²) < 4.78 is 16.6. The molecule has 0 radical (unpaired) electrons. The van der Waals surface area contributed by atoms with Crippen molar-refractivity contribution in [1.29, 1.82) is 0 Å². The Kier molecular flexibility index (Phi) is 47.5. The summed E-state index contributed by atoms with van der Waals surface area (Å²) >= 11 is 0. The second kappa shape index (κ2) is 50.2. The number of ether oxygens (including phenoxy) is 3. The molecule has 0 aliphatic rings. The molecule has 0 amide bonds. The molecular weight excluding hydrogens is 769 g/mol. The molecule has 0 aliphatic carbocycles. The molecule has 0 heterocycles. The second-order valence-corrected chi connectivity index (χ2v) is 16.7. The van der Waals surface area contributed by atoms with E-state index in [-0.39, 0.29) is 37.5 Å². The Bertz CT molecular complexity index is 1220. The Morgan fingerprint density at radius 3 is 1.08 bits per heavy atom. The number of carbonyl (C=O) groups excluding carboxylic acids is 3. The lowest BCUT2D eigenvalue weighted by atomic mass is 10.1. The van der Waals surface area contributed by atoms with Crippen LogP contribution in [-0.4, -0.2) is 37.2 Å². The first-order valence-electron chi connectivity index (χ1n) is 25.6. The largest absolute Gasteiger partial charge is 0.462 e. The fourth-order valence-electron chi connectivity index (χ4n) is 6.81. The summed E-state index contributed by atoms with van der Waals surface area (Å²) in [6.45, 7) is 6.39. The second-order valence-electron chi connectivity index (χ2n) is 16.7. The average molecular weight is 863 g/mol. The van der Waals surface area contributed by atoms with Crippen molar-refractivity contribution in [2.45, 2.75) is 239 Å². The lowest BCUT2D eigenvalue weighted by Crippen LogP contribution is -2.30. The van der Waals surface area contributed by atoms with Crippen LogP contribution in [0.2, 0.25) is 0 Å². The standard InChI is InChI=1S/C56H94O6/c1-4-7-10-13-16-18-20-22-24-26-28-30-32-34-36-38-40-43-46-49-55(58)61-52-53(51-60-54(57)48-45-42-15-12-9-6-3)62-56(59)50-47-44-41-39-37-35-33-31-29-27-25-23-21-19-17-14-11-8-5-2/h7,10,16,18,22-25,28,30,34,36,40,43,53H,4-6,8-9,11-15,17,19-21,26-27,29,31-33,35,37-39,41-42,44-52H2,1-3H3/b10-7-,18-16-,24-22-,25-23-,30-28-,36-34-,43-40-. The van der Waals surface area contributed by atoms with Crippen molar-refractivity contribution < 1.29 is 28.6 Å². The van der Waals surface area contributed by atoms with Gasteiger partial charge in [-0.05, 0) is 83.5 Å². The molecule has 0 spiro atoms. The van der Waals surface area contributed by atoms with E-state index < -0.39 is 6.10 Å². The van der Waals surface area contributed by atoms with E-state index in [1.54, 1.807) is 0 Å². The molecule has 6 heteroatoms. The molecule has 0 saturated heterocycles. The van der Waals surface area contributed by atoms with Gasteiger partial charge in [0.1, 0.15) is 13.2 Å². The van der Waals surface area contributed by atoms with Gasteiger partial charge in [-0.3, -0.25) is 14.4 Å². The van der Waals surface area contributed by atoms with Crippen molar-refractivity contribution in [2.24, 2.45) is 0 Å². The molecule has 0 aromatic rings. The first-order valence-corrected chi connectivity index (χ1v) is 25.6. The van der Waals surface area contributed by atoms with Crippen LogP contribution < -0.4 is 0 Å². The van der Waals surface area contributed by atoms with Crippen LogP contribution in [0.25, 0.3) is 0 Å². The summed E-state index contributed by atoms with van der Waals surface area (Å²) in [5.41, 5.74) is 0. The van der Waals surface area contributed by atoms with Crippen molar-refractivity contribution in [1.82, 2.24) is 0 Å². The maximum Gasteiger partial charge on any atom is 0.306 e. The number of carbonyl (C=O) groups is 3. The quantitative estimate of drug-likeness (QED) is 0.0263. The number of unbranched alkanes of at least 4 members (excludes halogenated alkanes) is 20. The van der Waals surface area contributed by atoms with Crippen molar-refractivity contribution in [3.63, 3.8) is 0 Å². The molecule has 0 N–H and O–H groups in total. The molecule has 0 rings (SSSR count). The number of hydrogen-bond acceptors (Lipinski definition) is 6. The lowest BCUT2D eigenvalue weighted by molar-refractivity contribution is -0.166. The van der Waals surface area contributed by atoms with Crippen molar-refractivity contribution >= 4 is 17.9 Å². The third-order valence-electron chi connectivity index (χ3n) is 10.6. The van der Waals surface area contributed by atoms with Gasteiger partial charge in [-0.2, -0.15) is 0 Å². The summed E-state index contributed by atoms with van der Waals surface area (Å²) in [5.74, 6) is -1.00. The van der Waals surface area contributed by atoms with Crippen LogP contribution in [-0.2, 0) is 28.6 Å². The normalized spacial score (nSPS) is 12.8. The highest BCUT2D eigenvalue weighted by Gasteiger charge is 2.19. The van der Waals surface area contributed by atoms with Gasteiger partial charge in [0, 0.05) is 19.3 Å². The Morgan fingerprint density at radius 1 is 0.339 bits per heavy atom. The number of allylic oxidation sites excluding steroid dienone is 14. The van der Waals surface area contributed by atoms with Crippen molar-refractivity contribution in [2.75, 3.05) is 13.2 Å². The number of hydrogen-bond donors (Lipinski definition) is 0. The van der Waals surface area contributed by atoms with Gasteiger partial charge in [-0.25, -0.2) is 0 Å². The highest BCUT2D eigenvalue weighted by molar-refractivity contribution is 5.71. The predicted octanol–water partition coefficient (Wildman–Crippen LogP) is 16.8. The number of rotatable bonds is 45. The highest BCUT2D eigenvalue weighted by Crippen LogP contribution is 2.14. The van der Waals surface area contributed by atoms with Gasteiger partial charge in [0.05, 0.1) is 0 Å². The third kappa shape index (κ3) is 47.6. The van der Waals surface area contributed by atoms with Crippen LogP contribution in [0.5, 0.6) is 0 Å². The maximum atomic E-state index is 12.8. The Balaban J connectivity index is 4.33. The summed E-state index contributed by atoms with van der Waals surface area (Å²) in [6, 6.07) is 0. The van der Waals surface area contributed by atoms with Gasteiger partial charge in [0.15, 0.2) is 6.10 Å². The van der Waals surface area contributed by atoms with E-state index in [2.05, 4.69) is 93.7 Å². The Morgan fingerprint density at radius 2 is 0.661 bits per heavy atom. The van der Waals surface area contributed by atoms with Crippen LogP contribution in [0.3, 0.4) is 0 Å². The van der Waals surface area contributed by atoms with Crippen LogP contribution in [0.1, 0.15) is 233 Å². The fraction of sp³-hybridized carbons (Fsp3) is 0.696. The molecular formula is C56H94O6. The topological polar surface area (TPSA) is 78.9 Å². The Labute approximate surface area is 382 Å². The minimum atomic E-state index is -0.804. The first kappa shape index (κ1) is 58.6. The molecule has 0 saturated carbocycles. The molecule has 0 fully saturated rings. The zero-order chi connectivity index (χ0) is 45.1. The molecule has 6 nitrogen and oxygen atoms in total. The predicted molar refractivity (Wildman–Crippen MR) is 265 cm³/mol. The van der Waals surface area contributed by atoms with Gasteiger partial charge in [0.25, 0.3) is 0 Å². The zero-order valence-electron chi connectivity index (χ0n) is 40.4. The highest BCUT2D eigenvalue weighted by atomic mass is 16.6. The number of esters is 3. The summed E-state index contributed by atoms with van der Waals surface area (Å²) in [6.07, 6.45) is 64.6. The smallest absolute Gasteiger partial charge is 0.306 e. The van der Waals surface area contributed by atoms with Gasteiger partial charge < -0.3 is 14.2 Å². The van der Waals surface area contributed by atoms with Crippen molar-refractivity contribution in [3.05, 3.63) is 85.1 Å². The third-order valence-corrected chi connectivity index (χ3v) is 10.6. The van der Waals surface area contributed by atoms with Crippen LogP contribution in [0, 0.1) is 0 Å². The summed E-state index contributed by atoms with van der Waals surface area (Å²) in [4.78, 5) is 37.7. The van der Waals surface area contributed by atoms with Gasteiger partial charge in [-0.1, -0.05) is 215 Å². The molecule has 1 unspecified atom stereocenters. The minimum Gasteiger partial charge on any atom is -0.462 e. The van der Waals surface area contributed by atoms with Gasteiger partial charge >= 0.3 is 17.9 Å². The molecule has 62 heavy (non-hydrogen) atoms. The van der Waals surface area contributed by atoms with Crippen molar-refractivity contribution in [3.8, 4) is 0 Å². The van der Waals surface area contributed by atoms with E-state index >= 15 is 0 Å². The monoisotopic (exact) mass is 863 g/mol. The molecule has 354 valence electrons. The minimum absolute atomic E-state index is 0.101. The van der Waals surface area contributed by atoms with Gasteiger partial charge in [-0.15, -0.1) is 0 Å². The van der Waals surface area contributed by atoms with E-state index in [1.165, 1.54) is 109 Å². The Hall–Kier alpha value is -3.41.